The molecule has 6 heteroatoms. The van der Waals surface area contributed by atoms with Crippen molar-refractivity contribution in [2.24, 2.45) is 0 Å². The Balaban J connectivity index is 2.58. The second-order valence-electron chi connectivity index (χ2n) is 3.22. The number of alkyl halides is 3. The van der Waals surface area contributed by atoms with Crippen LogP contribution in [-0.2, 0) is 0 Å². The summed E-state index contributed by atoms with van der Waals surface area (Å²) in [4.78, 5) is 3.90. The van der Waals surface area contributed by atoms with Gasteiger partial charge in [-0.25, -0.2) is 4.98 Å². The lowest BCUT2D eigenvalue weighted by atomic mass is 10.1. The molecule has 0 aliphatic carbocycles. The van der Waals surface area contributed by atoms with Crippen LogP contribution < -0.4 is 9.47 Å². The molecule has 3 nitrogen and oxygen atoms in total. The molecule has 0 aliphatic rings. The average molecular weight is 243 g/mol. The Labute approximate surface area is 94.8 Å². The predicted molar refractivity (Wildman–Crippen MR) is 55.0 cm³/mol. The first-order valence-corrected chi connectivity index (χ1v) is 4.69. The lowest BCUT2D eigenvalue weighted by Crippen LogP contribution is -2.17. The zero-order valence-corrected chi connectivity index (χ0v) is 8.78. The Hall–Kier alpha value is -1.98. The molecule has 0 bridgehead atoms. The third-order valence-corrected chi connectivity index (χ3v) is 2.15. The predicted octanol–water partition coefficient (Wildman–Crippen LogP) is 3.14. The zero-order chi connectivity index (χ0) is 12.5. The van der Waals surface area contributed by atoms with E-state index in [1.165, 1.54) is 31.5 Å². The van der Waals surface area contributed by atoms with Crippen molar-refractivity contribution in [1.82, 2.24) is 4.98 Å². The van der Waals surface area contributed by atoms with Gasteiger partial charge in [-0.2, -0.15) is 0 Å². The molecule has 0 aliphatic heterocycles. The molecule has 0 fully saturated rings. The second kappa shape index (κ2) is 4.12. The first kappa shape index (κ1) is 11.5. The molecular formula is C11H8F3NO2. The van der Waals surface area contributed by atoms with Crippen molar-refractivity contribution in [2.45, 2.75) is 6.36 Å². The summed E-state index contributed by atoms with van der Waals surface area (Å²) in [7, 11) is 1.40. The van der Waals surface area contributed by atoms with Crippen LogP contribution in [0.15, 0.2) is 30.5 Å². The number of ether oxygens (including phenoxy) is 2. The zero-order valence-electron chi connectivity index (χ0n) is 8.78. The molecule has 90 valence electrons. The van der Waals surface area contributed by atoms with Crippen LogP contribution in [0.5, 0.6) is 11.6 Å². The smallest absolute Gasteiger partial charge is 0.481 e. The van der Waals surface area contributed by atoms with Crippen molar-refractivity contribution in [3.63, 3.8) is 0 Å². The molecule has 1 heterocycles. The van der Waals surface area contributed by atoms with Gasteiger partial charge < -0.3 is 9.47 Å². The highest BCUT2D eigenvalue weighted by molar-refractivity contribution is 5.91. The van der Waals surface area contributed by atoms with Crippen LogP contribution in [0, 0.1) is 0 Å². The van der Waals surface area contributed by atoms with Crippen LogP contribution in [0.1, 0.15) is 0 Å². The van der Waals surface area contributed by atoms with Crippen LogP contribution >= 0.6 is 0 Å². The number of aromatic nitrogens is 1. The minimum absolute atomic E-state index is 0.259. The summed E-state index contributed by atoms with van der Waals surface area (Å²) in [5.74, 6) is -0.00850. The van der Waals surface area contributed by atoms with Gasteiger partial charge >= 0.3 is 6.36 Å². The molecule has 0 unspecified atom stereocenters. The van der Waals surface area contributed by atoms with Gasteiger partial charge in [0.05, 0.1) is 7.11 Å². The largest absolute Gasteiger partial charge is 0.573 e. The molecule has 0 atom stereocenters. The number of fused-ring (bicyclic) bond motifs is 1. The molecule has 1 aromatic heterocycles. The topological polar surface area (TPSA) is 31.4 Å². The number of pyridine rings is 1. The van der Waals surface area contributed by atoms with E-state index in [1.54, 1.807) is 6.07 Å². The molecule has 2 rings (SSSR count). The average Bonchev–Trinajstić information content (AvgIpc) is 2.27. The van der Waals surface area contributed by atoms with Crippen molar-refractivity contribution in [1.29, 1.82) is 0 Å². The van der Waals surface area contributed by atoms with Gasteiger partial charge in [0, 0.05) is 17.0 Å². The second-order valence-corrected chi connectivity index (χ2v) is 3.22. The van der Waals surface area contributed by atoms with Gasteiger partial charge in [-0.3, -0.25) is 0 Å². The minimum atomic E-state index is -4.72. The van der Waals surface area contributed by atoms with Crippen molar-refractivity contribution < 1.29 is 22.6 Å². The molecule has 0 amide bonds. The first-order valence-electron chi connectivity index (χ1n) is 4.69. The van der Waals surface area contributed by atoms with Gasteiger partial charge in [0.15, 0.2) is 0 Å². The normalized spacial score (nSPS) is 11.5. The molecule has 0 radical (unpaired) electrons. The SMILES string of the molecule is COc1nccc2c(OC(F)(F)F)cccc12. The van der Waals surface area contributed by atoms with Gasteiger partial charge in [-0.05, 0) is 18.2 Å². The van der Waals surface area contributed by atoms with Gasteiger partial charge in [-0.15, -0.1) is 13.2 Å². The van der Waals surface area contributed by atoms with E-state index in [2.05, 4.69) is 9.72 Å². The maximum Gasteiger partial charge on any atom is 0.573 e. The van der Waals surface area contributed by atoms with E-state index >= 15 is 0 Å². The standard InChI is InChI=1S/C11H8F3NO2/c1-16-10-8-3-2-4-9(17-11(12,13)14)7(8)5-6-15-10/h2-6H,1H3. The molecule has 1 aromatic carbocycles. The highest BCUT2D eigenvalue weighted by atomic mass is 19.4. The summed E-state index contributed by atoms with van der Waals surface area (Å²) < 4.78 is 45.4. The highest BCUT2D eigenvalue weighted by Crippen LogP contribution is 2.33. The Morgan fingerprint density at radius 2 is 1.88 bits per heavy atom. The van der Waals surface area contributed by atoms with Gasteiger partial charge in [0.2, 0.25) is 5.88 Å². The Morgan fingerprint density at radius 3 is 2.53 bits per heavy atom. The quantitative estimate of drug-likeness (QED) is 0.811. The van der Waals surface area contributed by atoms with Crippen molar-refractivity contribution in [3.8, 4) is 11.6 Å². The number of nitrogens with zero attached hydrogens (tertiary/aromatic N) is 1. The third kappa shape index (κ3) is 2.41. The van der Waals surface area contributed by atoms with Gasteiger partial charge in [0.25, 0.3) is 0 Å². The molecule has 0 N–H and O–H groups in total. The van der Waals surface area contributed by atoms with E-state index in [4.69, 9.17) is 4.74 Å². The van der Waals surface area contributed by atoms with Crippen LogP contribution in [0.4, 0.5) is 13.2 Å². The van der Waals surface area contributed by atoms with Gasteiger partial charge in [-0.1, -0.05) is 6.07 Å². The van der Waals surface area contributed by atoms with Crippen molar-refractivity contribution in [3.05, 3.63) is 30.5 Å². The summed E-state index contributed by atoms with van der Waals surface area (Å²) in [6, 6.07) is 5.76. The van der Waals surface area contributed by atoms with E-state index in [9.17, 15) is 13.2 Å². The van der Waals surface area contributed by atoms with E-state index < -0.39 is 6.36 Å². The van der Waals surface area contributed by atoms with Crippen LogP contribution in [0.3, 0.4) is 0 Å². The highest BCUT2D eigenvalue weighted by Gasteiger charge is 2.31. The molecule has 17 heavy (non-hydrogen) atoms. The van der Waals surface area contributed by atoms with E-state index in [0.29, 0.717) is 10.8 Å². The Kier molecular flexibility index (Phi) is 2.79. The fraction of sp³-hybridized carbons (Fsp3) is 0.182. The molecule has 0 saturated carbocycles. The molecular weight excluding hydrogens is 235 g/mol. The van der Waals surface area contributed by atoms with Crippen LogP contribution in [0.25, 0.3) is 10.8 Å². The number of halogens is 3. The van der Waals surface area contributed by atoms with E-state index in [1.807, 2.05) is 0 Å². The molecule has 0 spiro atoms. The number of methoxy groups -OCH3 is 1. The summed E-state index contributed by atoms with van der Waals surface area (Å²) in [5, 5.41) is 0.772. The summed E-state index contributed by atoms with van der Waals surface area (Å²) in [6.07, 6.45) is -3.35. The van der Waals surface area contributed by atoms with Crippen LogP contribution in [-0.4, -0.2) is 18.5 Å². The first-order chi connectivity index (χ1) is 8.01. The summed E-state index contributed by atoms with van der Waals surface area (Å²) in [5.41, 5.74) is 0. The van der Waals surface area contributed by atoms with Crippen LogP contribution in [0.2, 0.25) is 0 Å². The number of hydrogen-bond acceptors (Lipinski definition) is 3. The third-order valence-electron chi connectivity index (χ3n) is 2.15. The maximum absolute atomic E-state index is 12.2. The fourth-order valence-electron chi connectivity index (χ4n) is 1.53. The van der Waals surface area contributed by atoms with Crippen molar-refractivity contribution in [2.75, 3.05) is 7.11 Å². The monoisotopic (exact) mass is 243 g/mol. The molecule has 2 aromatic rings. The minimum Gasteiger partial charge on any atom is -0.481 e. The van der Waals surface area contributed by atoms with E-state index in [-0.39, 0.29) is 11.6 Å². The number of benzene rings is 1. The molecule has 0 saturated heterocycles. The lowest BCUT2D eigenvalue weighted by molar-refractivity contribution is -0.274. The Bertz CT molecular complexity index is 540. The number of hydrogen-bond donors (Lipinski definition) is 0. The Morgan fingerprint density at radius 1 is 1.12 bits per heavy atom. The lowest BCUT2D eigenvalue weighted by Gasteiger charge is -2.12. The fourth-order valence-corrected chi connectivity index (χ4v) is 1.53. The van der Waals surface area contributed by atoms with Gasteiger partial charge in [0.1, 0.15) is 5.75 Å². The van der Waals surface area contributed by atoms with Crippen molar-refractivity contribution >= 4 is 10.8 Å². The summed E-state index contributed by atoms with van der Waals surface area (Å²) >= 11 is 0. The maximum atomic E-state index is 12.2. The van der Waals surface area contributed by atoms with E-state index in [0.717, 1.165) is 0 Å². The number of rotatable bonds is 2. The summed E-state index contributed by atoms with van der Waals surface area (Å²) in [6.45, 7) is 0.